The van der Waals surface area contributed by atoms with Crippen molar-refractivity contribution in [2.45, 2.75) is 38.2 Å². The van der Waals surface area contributed by atoms with Gasteiger partial charge in [0.25, 0.3) is 5.91 Å². The van der Waals surface area contributed by atoms with E-state index in [1.807, 2.05) is 30.3 Å². The number of amides is 1. The molecule has 5 heteroatoms. The zero-order valence-corrected chi connectivity index (χ0v) is 13.5. The zero-order valence-electron chi connectivity index (χ0n) is 13.5. The van der Waals surface area contributed by atoms with Crippen molar-refractivity contribution in [3.05, 3.63) is 41.8 Å². The Hall–Kier alpha value is -2.14. The van der Waals surface area contributed by atoms with Gasteiger partial charge in [-0.1, -0.05) is 18.2 Å². The number of rotatable bonds is 6. The van der Waals surface area contributed by atoms with Gasteiger partial charge in [-0.25, -0.2) is 4.98 Å². The molecule has 1 saturated carbocycles. The highest BCUT2D eigenvalue weighted by Gasteiger charge is 2.35. The number of hydrogen-bond acceptors (Lipinski definition) is 4. The third-order valence-electron chi connectivity index (χ3n) is 4.05. The van der Waals surface area contributed by atoms with Crippen LogP contribution in [0.1, 0.15) is 48.4 Å². The van der Waals surface area contributed by atoms with Crippen LogP contribution in [0.25, 0.3) is 11.5 Å². The average molecular weight is 314 g/mol. The second-order valence-corrected chi connectivity index (χ2v) is 6.24. The number of carbonyl (C=O) groups excluding carboxylic acids is 1. The van der Waals surface area contributed by atoms with Crippen LogP contribution in [-0.4, -0.2) is 40.6 Å². The van der Waals surface area contributed by atoms with Crippen LogP contribution in [0.5, 0.6) is 0 Å². The molecular formula is C18H22N2O3. The topological polar surface area (TPSA) is 66.6 Å². The summed E-state index contributed by atoms with van der Waals surface area (Å²) in [6.07, 6.45) is 2.21. The molecule has 1 N–H and O–H groups in total. The molecule has 2 aromatic rings. The van der Waals surface area contributed by atoms with Crippen LogP contribution in [0.15, 0.2) is 34.7 Å². The van der Waals surface area contributed by atoms with Crippen molar-refractivity contribution in [3.63, 3.8) is 0 Å². The molecule has 1 heterocycles. The molecule has 1 aromatic carbocycles. The second kappa shape index (κ2) is 6.54. The smallest absolute Gasteiger partial charge is 0.275 e. The van der Waals surface area contributed by atoms with E-state index in [-0.39, 0.29) is 5.91 Å². The molecule has 5 nitrogen and oxygen atoms in total. The first-order chi connectivity index (χ1) is 11.1. The van der Waals surface area contributed by atoms with Gasteiger partial charge in [0.05, 0.1) is 6.10 Å². The van der Waals surface area contributed by atoms with E-state index in [0.29, 0.717) is 36.2 Å². The lowest BCUT2D eigenvalue weighted by molar-refractivity contribution is 0.0761. The Kier molecular flexibility index (Phi) is 4.48. The highest BCUT2D eigenvalue weighted by atomic mass is 16.4. The molecule has 0 bridgehead atoms. The molecule has 1 aliphatic rings. The maximum Gasteiger partial charge on any atom is 0.275 e. The maximum atomic E-state index is 12.7. The first-order valence-electron chi connectivity index (χ1n) is 8.06. The lowest BCUT2D eigenvalue weighted by Crippen LogP contribution is -2.30. The molecule has 0 saturated heterocycles. The lowest BCUT2D eigenvalue weighted by Gasteiger charge is -2.17. The van der Waals surface area contributed by atoms with E-state index < -0.39 is 6.10 Å². The molecule has 0 radical (unpaired) electrons. The van der Waals surface area contributed by atoms with Crippen molar-refractivity contribution in [2.75, 3.05) is 13.6 Å². The van der Waals surface area contributed by atoms with Gasteiger partial charge in [0, 0.05) is 25.1 Å². The van der Waals surface area contributed by atoms with Crippen LogP contribution < -0.4 is 0 Å². The van der Waals surface area contributed by atoms with Crippen LogP contribution in [0, 0.1) is 0 Å². The van der Waals surface area contributed by atoms with Crippen molar-refractivity contribution >= 4 is 5.91 Å². The van der Waals surface area contributed by atoms with Gasteiger partial charge in [0.2, 0.25) is 5.89 Å². The SMILES string of the molecule is CC(O)CCN(C)C(=O)c1nc(-c2ccccc2)oc1C1CC1. The summed E-state index contributed by atoms with van der Waals surface area (Å²) in [6, 6.07) is 9.63. The second-order valence-electron chi connectivity index (χ2n) is 6.24. The number of benzene rings is 1. The van der Waals surface area contributed by atoms with Crippen molar-refractivity contribution < 1.29 is 14.3 Å². The fourth-order valence-electron chi connectivity index (χ4n) is 2.47. The van der Waals surface area contributed by atoms with Gasteiger partial charge in [-0.3, -0.25) is 4.79 Å². The minimum Gasteiger partial charge on any atom is -0.440 e. The predicted octanol–water partition coefficient (Wildman–Crippen LogP) is 3.06. The Morgan fingerprint density at radius 2 is 2.09 bits per heavy atom. The highest BCUT2D eigenvalue weighted by Crippen LogP contribution is 2.43. The third-order valence-corrected chi connectivity index (χ3v) is 4.05. The van der Waals surface area contributed by atoms with E-state index in [2.05, 4.69) is 4.98 Å². The van der Waals surface area contributed by atoms with Gasteiger partial charge in [-0.2, -0.15) is 0 Å². The van der Waals surface area contributed by atoms with E-state index in [1.54, 1.807) is 18.9 Å². The number of hydrogen-bond donors (Lipinski definition) is 1. The van der Waals surface area contributed by atoms with Gasteiger partial charge in [0.15, 0.2) is 5.69 Å². The molecule has 1 aromatic heterocycles. The largest absolute Gasteiger partial charge is 0.440 e. The van der Waals surface area contributed by atoms with E-state index in [4.69, 9.17) is 4.42 Å². The quantitative estimate of drug-likeness (QED) is 0.890. The Morgan fingerprint density at radius 3 is 2.70 bits per heavy atom. The Bertz CT molecular complexity index is 675. The van der Waals surface area contributed by atoms with Crippen LogP contribution in [0.2, 0.25) is 0 Å². The molecule has 0 spiro atoms. The minimum absolute atomic E-state index is 0.140. The van der Waals surface area contributed by atoms with Crippen LogP contribution in [-0.2, 0) is 0 Å². The van der Waals surface area contributed by atoms with Crippen molar-refractivity contribution in [2.24, 2.45) is 0 Å². The summed E-state index contributed by atoms with van der Waals surface area (Å²) >= 11 is 0. The molecule has 23 heavy (non-hydrogen) atoms. The number of nitrogens with zero attached hydrogens (tertiary/aromatic N) is 2. The molecule has 1 unspecified atom stereocenters. The Balaban J connectivity index is 1.86. The number of oxazole rings is 1. The van der Waals surface area contributed by atoms with Gasteiger partial charge < -0.3 is 14.4 Å². The fourth-order valence-corrected chi connectivity index (χ4v) is 2.47. The number of aromatic nitrogens is 1. The fraction of sp³-hybridized carbons (Fsp3) is 0.444. The molecule has 122 valence electrons. The molecule has 1 atom stereocenters. The molecule has 1 aliphatic carbocycles. The van der Waals surface area contributed by atoms with E-state index in [9.17, 15) is 9.90 Å². The van der Waals surface area contributed by atoms with E-state index >= 15 is 0 Å². The monoisotopic (exact) mass is 314 g/mol. The zero-order chi connectivity index (χ0) is 16.4. The Labute approximate surface area is 135 Å². The first-order valence-corrected chi connectivity index (χ1v) is 8.06. The first kappa shape index (κ1) is 15.7. The Morgan fingerprint density at radius 1 is 1.39 bits per heavy atom. The molecule has 1 fully saturated rings. The molecular weight excluding hydrogens is 292 g/mol. The van der Waals surface area contributed by atoms with Crippen LogP contribution in [0.3, 0.4) is 0 Å². The minimum atomic E-state index is -0.426. The van der Waals surface area contributed by atoms with Crippen molar-refractivity contribution in [3.8, 4) is 11.5 Å². The van der Waals surface area contributed by atoms with Gasteiger partial charge in [-0.05, 0) is 38.3 Å². The lowest BCUT2D eigenvalue weighted by atomic mass is 10.2. The van der Waals surface area contributed by atoms with Crippen molar-refractivity contribution in [1.82, 2.24) is 9.88 Å². The average Bonchev–Trinajstić information content (AvgIpc) is 3.31. The number of aliphatic hydroxyl groups is 1. The molecule has 1 amide bonds. The maximum absolute atomic E-state index is 12.7. The number of carbonyl (C=O) groups is 1. The highest BCUT2D eigenvalue weighted by molar-refractivity contribution is 5.94. The summed E-state index contributed by atoms with van der Waals surface area (Å²) in [5.74, 6) is 1.38. The summed E-state index contributed by atoms with van der Waals surface area (Å²) < 4.78 is 5.91. The van der Waals surface area contributed by atoms with Crippen LogP contribution in [0.4, 0.5) is 0 Å². The third kappa shape index (κ3) is 3.62. The van der Waals surface area contributed by atoms with E-state index in [0.717, 1.165) is 18.4 Å². The normalized spacial score (nSPS) is 15.4. The standard InChI is InChI=1S/C18H22N2O3/c1-12(21)10-11-20(2)18(22)15-16(13-8-9-13)23-17(19-15)14-6-4-3-5-7-14/h3-7,12-13,21H,8-11H2,1-2H3. The molecule has 0 aliphatic heterocycles. The summed E-state index contributed by atoms with van der Waals surface area (Å²) in [7, 11) is 1.73. The van der Waals surface area contributed by atoms with Crippen LogP contribution >= 0.6 is 0 Å². The summed E-state index contributed by atoms with van der Waals surface area (Å²) in [4.78, 5) is 18.7. The summed E-state index contributed by atoms with van der Waals surface area (Å²) in [5, 5.41) is 9.39. The molecule has 3 rings (SSSR count). The summed E-state index contributed by atoms with van der Waals surface area (Å²) in [5.41, 5.74) is 1.29. The van der Waals surface area contributed by atoms with Gasteiger partial charge >= 0.3 is 0 Å². The number of aliphatic hydroxyl groups excluding tert-OH is 1. The van der Waals surface area contributed by atoms with E-state index in [1.165, 1.54) is 0 Å². The summed E-state index contributed by atoms with van der Waals surface area (Å²) in [6.45, 7) is 2.21. The van der Waals surface area contributed by atoms with Crippen molar-refractivity contribution in [1.29, 1.82) is 0 Å². The van der Waals surface area contributed by atoms with Gasteiger partial charge in [0.1, 0.15) is 5.76 Å². The predicted molar refractivity (Wildman–Crippen MR) is 87.2 cm³/mol. The van der Waals surface area contributed by atoms with Gasteiger partial charge in [-0.15, -0.1) is 0 Å².